The molecule has 1 fully saturated rings. The second-order valence-corrected chi connectivity index (χ2v) is 6.27. The first-order chi connectivity index (χ1) is 10.8. The highest BCUT2D eigenvalue weighted by molar-refractivity contribution is 14.0. The molecule has 0 aliphatic heterocycles. The summed E-state index contributed by atoms with van der Waals surface area (Å²) >= 11 is 0. The van der Waals surface area contributed by atoms with E-state index >= 15 is 0 Å². The number of hydrogen-bond acceptors (Lipinski definition) is 3. The van der Waals surface area contributed by atoms with Crippen LogP contribution in [0.4, 0.5) is 0 Å². The topological polar surface area (TPSA) is 54.9 Å². The Morgan fingerprint density at radius 3 is 2.43 bits per heavy atom. The number of unbranched alkanes of at least 4 members (excludes halogenated alkanes) is 1. The fourth-order valence-corrected chi connectivity index (χ4v) is 2.73. The van der Waals surface area contributed by atoms with Gasteiger partial charge in [0, 0.05) is 47.1 Å². The first kappa shape index (κ1) is 22.9. The van der Waals surface area contributed by atoms with Crippen LogP contribution in [0.5, 0.6) is 0 Å². The molecule has 1 saturated carbocycles. The molecule has 0 amide bonds. The molecule has 1 rings (SSSR count). The molecule has 0 radical (unpaired) electrons. The van der Waals surface area contributed by atoms with Crippen molar-refractivity contribution in [2.24, 2.45) is 10.4 Å². The maximum Gasteiger partial charge on any atom is 0.190 e. The molecule has 1 aliphatic rings. The number of aliphatic imine (C=N–C) groups is 1. The molecule has 0 aromatic rings. The Morgan fingerprint density at radius 2 is 1.87 bits per heavy atom. The molecule has 23 heavy (non-hydrogen) atoms. The third-order valence-electron chi connectivity index (χ3n) is 4.51. The van der Waals surface area contributed by atoms with E-state index in [-0.39, 0.29) is 24.0 Å². The van der Waals surface area contributed by atoms with Crippen LogP contribution in [0.15, 0.2) is 4.99 Å². The van der Waals surface area contributed by atoms with Gasteiger partial charge < -0.3 is 20.1 Å². The van der Waals surface area contributed by atoms with E-state index in [1.807, 2.05) is 7.05 Å². The summed E-state index contributed by atoms with van der Waals surface area (Å²) in [7, 11) is 3.61. The Morgan fingerprint density at radius 1 is 1.13 bits per heavy atom. The number of ether oxygens (including phenoxy) is 2. The predicted octanol–water partition coefficient (Wildman–Crippen LogP) is 3.18. The molecule has 0 aromatic heterocycles. The number of nitrogens with zero attached hydrogens (tertiary/aromatic N) is 1. The summed E-state index contributed by atoms with van der Waals surface area (Å²) in [5, 5.41) is 6.84. The van der Waals surface area contributed by atoms with Gasteiger partial charge in [0.2, 0.25) is 0 Å². The lowest BCUT2D eigenvalue weighted by Crippen LogP contribution is -2.47. The van der Waals surface area contributed by atoms with Crippen molar-refractivity contribution >= 4 is 29.9 Å². The highest BCUT2D eigenvalue weighted by Crippen LogP contribution is 2.43. The van der Waals surface area contributed by atoms with Gasteiger partial charge in [0.05, 0.1) is 0 Å². The van der Waals surface area contributed by atoms with Gasteiger partial charge in [0.1, 0.15) is 0 Å². The van der Waals surface area contributed by atoms with Crippen molar-refractivity contribution in [2.75, 3.05) is 47.1 Å². The Hall–Kier alpha value is -0.0800. The van der Waals surface area contributed by atoms with E-state index in [1.54, 1.807) is 7.11 Å². The van der Waals surface area contributed by atoms with Gasteiger partial charge in [0.15, 0.2) is 5.96 Å². The number of halogens is 1. The van der Waals surface area contributed by atoms with E-state index in [0.717, 1.165) is 58.1 Å². The highest BCUT2D eigenvalue weighted by atomic mass is 127. The molecule has 6 heteroatoms. The first-order valence-corrected chi connectivity index (χ1v) is 8.77. The van der Waals surface area contributed by atoms with E-state index in [0.29, 0.717) is 5.41 Å². The minimum atomic E-state index is 0. The molecule has 0 atom stereocenters. The smallest absolute Gasteiger partial charge is 0.190 e. The average Bonchev–Trinajstić information content (AvgIpc) is 2.50. The van der Waals surface area contributed by atoms with Crippen molar-refractivity contribution in [2.45, 2.75) is 51.9 Å². The van der Waals surface area contributed by atoms with Crippen LogP contribution in [0.3, 0.4) is 0 Å². The molecule has 0 spiro atoms. The molecule has 0 saturated heterocycles. The highest BCUT2D eigenvalue weighted by Gasteiger charge is 2.36. The van der Waals surface area contributed by atoms with Gasteiger partial charge in [-0.1, -0.05) is 19.8 Å². The molecule has 0 aromatic carbocycles. The quantitative estimate of drug-likeness (QED) is 0.212. The van der Waals surface area contributed by atoms with Crippen molar-refractivity contribution in [3.05, 3.63) is 0 Å². The maximum absolute atomic E-state index is 5.56. The average molecular weight is 441 g/mol. The van der Waals surface area contributed by atoms with Crippen molar-refractivity contribution in [1.82, 2.24) is 10.6 Å². The zero-order valence-corrected chi connectivity index (χ0v) is 17.5. The normalized spacial score (nSPS) is 16.4. The van der Waals surface area contributed by atoms with Crippen LogP contribution in [0, 0.1) is 5.41 Å². The second-order valence-electron chi connectivity index (χ2n) is 6.27. The number of hydrogen-bond donors (Lipinski definition) is 2. The molecule has 0 heterocycles. The third kappa shape index (κ3) is 9.72. The van der Waals surface area contributed by atoms with Gasteiger partial charge in [-0.25, -0.2) is 0 Å². The lowest BCUT2D eigenvalue weighted by molar-refractivity contribution is 0.0732. The van der Waals surface area contributed by atoms with E-state index in [4.69, 9.17) is 9.47 Å². The van der Waals surface area contributed by atoms with Gasteiger partial charge in [-0.15, -0.1) is 24.0 Å². The van der Waals surface area contributed by atoms with Crippen LogP contribution in [-0.2, 0) is 9.47 Å². The molecule has 138 valence electrons. The Labute approximate surface area is 159 Å². The summed E-state index contributed by atoms with van der Waals surface area (Å²) in [4.78, 5) is 4.30. The summed E-state index contributed by atoms with van der Waals surface area (Å²) in [5.41, 5.74) is 0.414. The Kier molecular flexibility index (Phi) is 14.2. The minimum Gasteiger partial charge on any atom is -0.385 e. The van der Waals surface area contributed by atoms with Crippen molar-refractivity contribution in [3.63, 3.8) is 0 Å². The molecular weight excluding hydrogens is 405 g/mol. The lowest BCUT2D eigenvalue weighted by Gasteiger charge is -2.42. The molecule has 0 bridgehead atoms. The molecule has 2 N–H and O–H groups in total. The van der Waals surface area contributed by atoms with Gasteiger partial charge in [-0.2, -0.15) is 0 Å². The van der Waals surface area contributed by atoms with Gasteiger partial charge in [-0.3, -0.25) is 4.99 Å². The lowest BCUT2D eigenvalue weighted by atomic mass is 9.67. The van der Waals surface area contributed by atoms with Gasteiger partial charge in [0.25, 0.3) is 0 Å². The molecule has 0 unspecified atom stereocenters. The van der Waals surface area contributed by atoms with Crippen LogP contribution in [-0.4, -0.2) is 53.0 Å². The Balaban J connectivity index is 0.00000484. The standard InChI is InChI=1S/C17H35N3O2.HI/c1-4-5-12-22-13-7-11-19-16(18-2)20-15-17(8-6-9-17)10-14-21-3;/h4-15H2,1-3H3,(H2,18,19,20);1H. The SMILES string of the molecule is CCCCOCCCNC(=NC)NCC1(CCOC)CCC1.I. The third-order valence-corrected chi connectivity index (χ3v) is 4.51. The van der Waals surface area contributed by atoms with Crippen molar-refractivity contribution in [1.29, 1.82) is 0 Å². The fourth-order valence-electron chi connectivity index (χ4n) is 2.73. The number of methoxy groups -OCH3 is 1. The summed E-state index contributed by atoms with van der Waals surface area (Å²) in [6.45, 7) is 6.62. The zero-order chi connectivity index (χ0) is 16.1. The van der Waals surface area contributed by atoms with Crippen LogP contribution in [0.25, 0.3) is 0 Å². The van der Waals surface area contributed by atoms with Crippen molar-refractivity contribution in [3.8, 4) is 0 Å². The summed E-state index contributed by atoms with van der Waals surface area (Å²) in [6, 6.07) is 0. The van der Waals surface area contributed by atoms with E-state index in [1.165, 1.54) is 25.7 Å². The zero-order valence-electron chi connectivity index (χ0n) is 15.2. The minimum absolute atomic E-state index is 0. The van der Waals surface area contributed by atoms with Crippen LogP contribution in [0.1, 0.15) is 51.9 Å². The first-order valence-electron chi connectivity index (χ1n) is 8.77. The number of rotatable bonds is 12. The largest absolute Gasteiger partial charge is 0.385 e. The van der Waals surface area contributed by atoms with Gasteiger partial charge in [-0.05, 0) is 37.5 Å². The maximum atomic E-state index is 5.56. The molecular formula is C17H36IN3O2. The second kappa shape index (κ2) is 14.3. The van der Waals surface area contributed by atoms with Crippen LogP contribution < -0.4 is 10.6 Å². The Bertz CT molecular complexity index is 310. The van der Waals surface area contributed by atoms with E-state index in [9.17, 15) is 0 Å². The summed E-state index contributed by atoms with van der Waals surface area (Å²) in [6.07, 6.45) is 8.43. The summed E-state index contributed by atoms with van der Waals surface area (Å²) in [5.74, 6) is 0.900. The summed E-state index contributed by atoms with van der Waals surface area (Å²) < 4.78 is 10.8. The van der Waals surface area contributed by atoms with Gasteiger partial charge >= 0.3 is 0 Å². The monoisotopic (exact) mass is 441 g/mol. The number of nitrogens with one attached hydrogen (secondary N) is 2. The molecule has 5 nitrogen and oxygen atoms in total. The fraction of sp³-hybridized carbons (Fsp3) is 0.941. The van der Waals surface area contributed by atoms with E-state index in [2.05, 4.69) is 22.5 Å². The molecule has 1 aliphatic carbocycles. The van der Waals surface area contributed by atoms with E-state index < -0.39 is 0 Å². The predicted molar refractivity (Wildman–Crippen MR) is 108 cm³/mol. The van der Waals surface area contributed by atoms with Crippen LogP contribution >= 0.6 is 24.0 Å². The van der Waals surface area contributed by atoms with Crippen LogP contribution in [0.2, 0.25) is 0 Å². The van der Waals surface area contributed by atoms with Crippen molar-refractivity contribution < 1.29 is 9.47 Å². The number of guanidine groups is 1.